The molecule has 17 heavy (non-hydrogen) atoms. The molecule has 1 aliphatic rings. The van der Waals surface area contributed by atoms with Crippen LogP contribution in [0.5, 0.6) is 0 Å². The number of carbonyl (C=O) groups is 1. The van der Waals surface area contributed by atoms with Crippen molar-refractivity contribution in [3.05, 3.63) is 29.8 Å². The number of anilines is 1. The van der Waals surface area contributed by atoms with Crippen molar-refractivity contribution < 1.29 is 9.90 Å². The number of nitriles is 1. The van der Waals surface area contributed by atoms with Crippen molar-refractivity contribution in [1.29, 1.82) is 5.26 Å². The predicted octanol–water partition coefficient (Wildman–Crippen LogP) is 1.93. The number of thioether (sulfide) groups is 1. The Morgan fingerprint density at radius 2 is 2.29 bits per heavy atom. The predicted molar refractivity (Wildman–Crippen MR) is 67.1 cm³/mol. The van der Waals surface area contributed by atoms with Gasteiger partial charge < -0.3 is 10.4 Å². The van der Waals surface area contributed by atoms with Gasteiger partial charge in [0.25, 0.3) is 0 Å². The molecule has 1 aliphatic heterocycles. The molecule has 4 nitrogen and oxygen atoms in total. The first-order chi connectivity index (χ1) is 8.18. The maximum absolute atomic E-state index is 11.4. The second-order valence-corrected chi connectivity index (χ2v) is 5.08. The first-order valence-corrected chi connectivity index (χ1v) is 6.42. The molecule has 0 aliphatic carbocycles. The van der Waals surface area contributed by atoms with E-state index in [1.165, 1.54) is 0 Å². The van der Waals surface area contributed by atoms with Crippen LogP contribution in [0.3, 0.4) is 0 Å². The number of hydrogen-bond acceptors (Lipinski definition) is 4. The van der Waals surface area contributed by atoms with Gasteiger partial charge in [-0.25, -0.2) is 4.79 Å². The molecule has 2 rings (SSSR count). The van der Waals surface area contributed by atoms with Crippen LogP contribution in [0, 0.1) is 11.3 Å². The Morgan fingerprint density at radius 3 is 2.88 bits per heavy atom. The van der Waals surface area contributed by atoms with Crippen LogP contribution in [0.1, 0.15) is 12.0 Å². The van der Waals surface area contributed by atoms with Crippen molar-refractivity contribution in [2.24, 2.45) is 0 Å². The number of hydrogen-bond donors (Lipinski definition) is 2. The number of carboxylic acid groups (broad SMARTS) is 1. The van der Waals surface area contributed by atoms with Crippen LogP contribution >= 0.6 is 11.8 Å². The lowest BCUT2D eigenvalue weighted by molar-refractivity contribution is -0.141. The molecule has 0 aromatic heterocycles. The van der Waals surface area contributed by atoms with Gasteiger partial charge in [-0.2, -0.15) is 17.0 Å². The minimum atomic E-state index is -0.933. The molecule has 1 saturated heterocycles. The fraction of sp³-hybridized carbons (Fsp3) is 0.333. The topological polar surface area (TPSA) is 73.1 Å². The van der Waals surface area contributed by atoms with Gasteiger partial charge in [-0.3, -0.25) is 0 Å². The first kappa shape index (κ1) is 11.8. The zero-order valence-electron chi connectivity index (χ0n) is 9.14. The molecular weight excluding hydrogens is 236 g/mol. The second kappa shape index (κ2) is 4.68. The smallest absolute Gasteiger partial charge is 0.330 e. The molecular formula is C12H12N2O2S. The lowest BCUT2D eigenvalue weighted by atomic mass is 9.98. The molecule has 0 saturated carbocycles. The van der Waals surface area contributed by atoms with Crippen LogP contribution in [0.4, 0.5) is 5.69 Å². The lowest BCUT2D eigenvalue weighted by Gasteiger charge is -2.26. The van der Waals surface area contributed by atoms with Crippen LogP contribution in [0.25, 0.3) is 0 Å². The summed E-state index contributed by atoms with van der Waals surface area (Å²) in [5, 5.41) is 21.3. The zero-order valence-corrected chi connectivity index (χ0v) is 9.96. The summed E-state index contributed by atoms with van der Waals surface area (Å²) in [5.41, 5.74) is 0.141. The van der Waals surface area contributed by atoms with Crippen molar-refractivity contribution in [3.8, 4) is 6.07 Å². The Morgan fingerprint density at radius 1 is 1.53 bits per heavy atom. The van der Waals surface area contributed by atoms with Gasteiger partial charge in [0, 0.05) is 5.75 Å². The quantitative estimate of drug-likeness (QED) is 0.855. The van der Waals surface area contributed by atoms with E-state index in [-0.39, 0.29) is 0 Å². The van der Waals surface area contributed by atoms with E-state index in [1.807, 2.05) is 0 Å². The highest BCUT2D eigenvalue weighted by Crippen LogP contribution is 2.32. The molecule has 0 bridgehead atoms. The van der Waals surface area contributed by atoms with E-state index in [0.717, 1.165) is 5.75 Å². The molecule has 1 unspecified atom stereocenters. The van der Waals surface area contributed by atoms with Crippen LogP contribution in [-0.4, -0.2) is 28.1 Å². The molecule has 1 heterocycles. The molecule has 0 amide bonds. The van der Waals surface area contributed by atoms with Crippen molar-refractivity contribution in [1.82, 2.24) is 0 Å². The van der Waals surface area contributed by atoms with Gasteiger partial charge in [0.15, 0.2) is 0 Å². The van der Waals surface area contributed by atoms with Gasteiger partial charge in [-0.15, -0.1) is 0 Å². The molecule has 1 fully saturated rings. The molecule has 2 N–H and O–H groups in total. The fourth-order valence-electron chi connectivity index (χ4n) is 1.83. The highest BCUT2D eigenvalue weighted by Gasteiger charge is 2.42. The maximum atomic E-state index is 11.4. The van der Waals surface area contributed by atoms with E-state index >= 15 is 0 Å². The SMILES string of the molecule is N#Cc1ccccc1NC1(C(=O)O)CCSC1. The molecule has 5 heteroatoms. The number of rotatable bonds is 3. The van der Waals surface area contributed by atoms with Gasteiger partial charge >= 0.3 is 5.97 Å². The second-order valence-electron chi connectivity index (χ2n) is 3.97. The standard InChI is InChI=1S/C12H12N2O2S/c13-7-9-3-1-2-4-10(9)14-12(11(15)16)5-6-17-8-12/h1-4,14H,5-6,8H2,(H,15,16). The fourth-order valence-corrected chi connectivity index (χ4v) is 3.16. The van der Waals surface area contributed by atoms with E-state index in [0.29, 0.717) is 23.4 Å². The summed E-state index contributed by atoms with van der Waals surface area (Å²) in [7, 11) is 0. The summed E-state index contributed by atoms with van der Waals surface area (Å²) >= 11 is 1.62. The summed E-state index contributed by atoms with van der Waals surface area (Å²) in [5.74, 6) is 0.506. The van der Waals surface area contributed by atoms with Gasteiger partial charge in [0.1, 0.15) is 11.6 Å². The number of nitrogens with zero attached hydrogens (tertiary/aromatic N) is 1. The number of aliphatic carboxylic acids is 1. The Balaban J connectivity index is 2.30. The van der Waals surface area contributed by atoms with E-state index in [4.69, 9.17) is 5.26 Å². The summed E-state index contributed by atoms with van der Waals surface area (Å²) < 4.78 is 0. The number of benzene rings is 1. The third-order valence-electron chi connectivity index (χ3n) is 2.85. The largest absolute Gasteiger partial charge is 0.479 e. The number of para-hydroxylation sites is 1. The van der Waals surface area contributed by atoms with Crippen LogP contribution in [0.15, 0.2) is 24.3 Å². The molecule has 1 atom stereocenters. The third-order valence-corrected chi connectivity index (χ3v) is 4.04. The summed E-state index contributed by atoms with van der Waals surface area (Å²) in [6.07, 6.45) is 0.576. The van der Waals surface area contributed by atoms with Crippen LogP contribution in [0.2, 0.25) is 0 Å². The molecule has 0 spiro atoms. The molecule has 0 radical (unpaired) electrons. The Kier molecular flexibility index (Phi) is 3.25. The minimum absolute atomic E-state index is 0.477. The van der Waals surface area contributed by atoms with Gasteiger partial charge in [-0.1, -0.05) is 12.1 Å². The Labute approximate surface area is 104 Å². The van der Waals surface area contributed by atoms with E-state index in [9.17, 15) is 9.90 Å². The van der Waals surface area contributed by atoms with Crippen molar-refractivity contribution in [2.45, 2.75) is 12.0 Å². The average molecular weight is 248 g/mol. The zero-order chi connectivity index (χ0) is 12.3. The normalized spacial score (nSPS) is 23.0. The highest BCUT2D eigenvalue weighted by molar-refractivity contribution is 7.99. The van der Waals surface area contributed by atoms with Gasteiger partial charge in [0.2, 0.25) is 0 Å². The third kappa shape index (κ3) is 2.22. The minimum Gasteiger partial charge on any atom is -0.479 e. The van der Waals surface area contributed by atoms with E-state index in [1.54, 1.807) is 36.0 Å². The maximum Gasteiger partial charge on any atom is 0.330 e. The summed E-state index contributed by atoms with van der Waals surface area (Å²) in [6.45, 7) is 0. The molecule has 1 aromatic rings. The molecule has 88 valence electrons. The van der Waals surface area contributed by atoms with Gasteiger partial charge in [0.05, 0.1) is 11.3 Å². The monoisotopic (exact) mass is 248 g/mol. The van der Waals surface area contributed by atoms with Crippen molar-refractivity contribution in [3.63, 3.8) is 0 Å². The van der Waals surface area contributed by atoms with Crippen LogP contribution < -0.4 is 5.32 Å². The summed E-state index contributed by atoms with van der Waals surface area (Å²) in [6, 6.07) is 9.04. The highest BCUT2D eigenvalue weighted by atomic mass is 32.2. The lowest BCUT2D eigenvalue weighted by Crippen LogP contribution is -2.46. The van der Waals surface area contributed by atoms with E-state index < -0.39 is 11.5 Å². The van der Waals surface area contributed by atoms with Crippen molar-refractivity contribution in [2.75, 3.05) is 16.8 Å². The first-order valence-electron chi connectivity index (χ1n) is 5.26. The van der Waals surface area contributed by atoms with E-state index in [2.05, 4.69) is 11.4 Å². The van der Waals surface area contributed by atoms with Crippen molar-refractivity contribution >= 4 is 23.4 Å². The molecule has 1 aromatic carbocycles. The summed E-state index contributed by atoms with van der Waals surface area (Å²) in [4.78, 5) is 11.4. The van der Waals surface area contributed by atoms with Crippen LogP contribution in [-0.2, 0) is 4.79 Å². The van der Waals surface area contributed by atoms with Gasteiger partial charge in [-0.05, 0) is 24.3 Å². The average Bonchev–Trinajstić information content (AvgIpc) is 2.80. The number of carboxylic acids is 1. The Bertz CT molecular complexity index is 476. The number of nitrogens with one attached hydrogen (secondary N) is 1. The Hall–Kier alpha value is -1.67.